The van der Waals surface area contributed by atoms with Gasteiger partial charge in [-0.05, 0) is 45.6 Å². The Hall–Kier alpha value is -4.19. The van der Waals surface area contributed by atoms with Crippen LogP contribution in [0.4, 0.5) is 5.69 Å². The van der Waals surface area contributed by atoms with Crippen molar-refractivity contribution in [2.24, 2.45) is 0 Å². The van der Waals surface area contributed by atoms with Crippen molar-refractivity contribution >= 4 is 35.9 Å². The third-order valence-electron chi connectivity index (χ3n) is 6.50. The molecule has 2 heterocycles. The summed E-state index contributed by atoms with van der Waals surface area (Å²) in [4.78, 5) is 42.3. The quantitative estimate of drug-likeness (QED) is 0.0639. The van der Waals surface area contributed by atoms with Crippen molar-refractivity contribution in [3.05, 3.63) is 80.7 Å². The molecule has 0 saturated heterocycles. The summed E-state index contributed by atoms with van der Waals surface area (Å²) in [5, 5.41) is 35.6. The Balaban J connectivity index is 0.00000533. The third kappa shape index (κ3) is 7.02. The molecular formula is C26H33ClN6O6. The molecule has 0 spiro atoms. The summed E-state index contributed by atoms with van der Waals surface area (Å²) in [5.41, 5.74) is 1.30. The second-order valence-corrected chi connectivity index (χ2v) is 9.08. The fourth-order valence-corrected chi connectivity index (χ4v) is 4.99. The highest BCUT2D eigenvalue weighted by Gasteiger charge is 2.45. The van der Waals surface area contributed by atoms with E-state index >= 15 is 0 Å². The number of hydrogen-bond acceptors (Lipinski definition) is 8. The van der Waals surface area contributed by atoms with E-state index in [-0.39, 0.29) is 29.6 Å². The van der Waals surface area contributed by atoms with Crippen LogP contribution in [-0.4, -0.2) is 51.4 Å². The molecule has 0 bridgehead atoms. The zero-order valence-electron chi connectivity index (χ0n) is 22.0. The smallest absolute Gasteiger partial charge is 0.354 e. The number of halogens is 1. The van der Waals surface area contributed by atoms with E-state index < -0.39 is 22.3 Å². The minimum Gasteiger partial charge on any atom is -0.477 e. The van der Waals surface area contributed by atoms with Gasteiger partial charge in [-0.1, -0.05) is 18.2 Å². The number of amidine groups is 1. The number of dihydropyridines is 1. The van der Waals surface area contributed by atoms with Gasteiger partial charge >= 0.3 is 11.9 Å². The summed E-state index contributed by atoms with van der Waals surface area (Å²) in [7, 11) is 1.28. The summed E-state index contributed by atoms with van der Waals surface area (Å²) < 4.78 is 5.08. The van der Waals surface area contributed by atoms with Gasteiger partial charge in [0.05, 0.1) is 40.9 Å². The SMILES string of the molecule is COC(=O)C1=C(C)NC(C)=CC1(CCCC(=N)NCCCc1nc[nH]c1C(=O)O)c1ccccc1[N+](=O)[O-].Cl. The number of carbonyl (C=O) groups is 2. The monoisotopic (exact) mass is 560 g/mol. The number of carboxylic acids is 1. The molecule has 5 N–H and O–H groups in total. The molecule has 0 radical (unpaired) electrons. The second-order valence-electron chi connectivity index (χ2n) is 9.08. The number of nitro benzene ring substituents is 1. The van der Waals surface area contributed by atoms with Crippen LogP contribution in [0.2, 0.25) is 0 Å². The molecule has 0 amide bonds. The number of para-hydroxylation sites is 1. The number of rotatable bonds is 12. The number of allylic oxidation sites excluding steroid dienone is 3. The minimum atomic E-state index is -1.12. The lowest BCUT2D eigenvalue weighted by Crippen LogP contribution is -2.39. The third-order valence-corrected chi connectivity index (χ3v) is 6.50. The van der Waals surface area contributed by atoms with E-state index in [2.05, 4.69) is 20.6 Å². The normalized spacial score (nSPS) is 16.4. The molecule has 0 saturated carbocycles. The van der Waals surface area contributed by atoms with Crippen LogP contribution in [0.3, 0.4) is 0 Å². The van der Waals surface area contributed by atoms with Gasteiger partial charge in [-0.15, -0.1) is 12.4 Å². The van der Waals surface area contributed by atoms with E-state index in [9.17, 15) is 19.7 Å². The number of carboxylic acid groups (broad SMARTS) is 1. The summed E-state index contributed by atoms with van der Waals surface area (Å²) in [6.45, 7) is 4.03. The van der Waals surface area contributed by atoms with Crippen LogP contribution in [-0.2, 0) is 21.4 Å². The first-order chi connectivity index (χ1) is 18.1. The number of aryl methyl sites for hydroxylation is 1. The van der Waals surface area contributed by atoms with Crippen LogP contribution in [0.15, 0.2) is 53.6 Å². The molecule has 1 aliphatic rings. The molecule has 0 aliphatic carbocycles. The first kappa shape index (κ1) is 31.0. The van der Waals surface area contributed by atoms with Gasteiger partial charge in [-0.2, -0.15) is 0 Å². The minimum absolute atomic E-state index is 0. The van der Waals surface area contributed by atoms with Gasteiger partial charge in [0.1, 0.15) is 5.69 Å². The van der Waals surface area contributed by atoms with Crippen molar-refractivity contribution < 1.29 is 24.4 Å². The van der Waals surface area contributed by atoms with E-state index in [1.54, 1.807) is 25.1 Å². The molecule has 13 heteroatoms. The number of aromatic carboxylic acids is 1. The Morgan fingerprint density at radius 3 is 2.64 bits per heavy atom. The van der Waals surface area contributed by atoms with E-state index in [1.165, 1.54) is 19.5 Å². The molecule has 1 aromatic heterocycles. The number of aromatic nitrogens is 2. The van der Waals surface area contributed by atoms with Crippen molar-refractivity contribution in [3.8, 4) is 0 Å². The highest BCUT2D eigenvalue weighted by Crippen LogP contribution is 2.46. The Labute approximate surface area is 232 Å². The van der Waals surface area contributed by atoms with Gasteiger partial charge in [0, 0.05) is 36.0 Å². The maximum atomic E-state index is 13.0. The Kier molecular flexibility index (Phi) is 10.8. The molecule has 39 heavy (non-hydrogen) atoms. The second kappa shape index (κ2) is 13.6. The number of hydrogen-bond donors (Lipinski definition) is 5. The Morgan fingerprint density at radius 2 is 1.97 bits per heavy atom. The van der Waals surface area contributed by atoms with Gasteiger partial charge in [0.2, 0.25) is 0 Å². The number of ether oxygens (including phenoxy) is 1. The molecule has 12 nitrogen and oxygen atoms in total. The average molecular weight is 561 g/mol. The Morgan fingerprint density at radius 1 is 1.26 bits per heavy atom. The number of methoxy groups -OCH3 is 1. The van der Waals surface area contributed by atoms with Gasteiger partial charge in [0.25, 0.3) is 5.69 Å². The molecule has 0 fully saturated rings. The topological polar surface area (TPSA) is 183 Å². The zero-order valence-corrected chi connectivity index (χ0v) is 22.8. The van der Waals surface area contributed by atoms with Crippen LogP contribution >= 0.6 is 12.4 Å². The first-order valence-corrected chi connectivity index (χ1v) is 12.2. The lowest BCUT2D eigenvalue weighted by atomic mass is 9.67. The van der Waals surface area contributed by atoms with Crippen LogP contribution in [0.5, 0.6) is 0 Å². The largest absolute Gasteiger partial charge is 0.477 e. The lowest BCUT2D eigenvalue weighted by Gasteiger charge is -2.37. The predicted molar refractivity (Wildman–Crippen MR) is 147 cm³/mol. The molecule has 3 rings (SSSR count). The van der Waals surface area contributed by atoms with Gasteiger partial charge in [-0.3, -0.25) is 15.5 Å². The summed E-state index contributed by atoms with van der Waals surface area (Å²) in [5.74, 6) is -1.37. The summed E-state index contributed by atoms with van der Waals surface area (Å²) in [6, 6.07) is 6.38. The maximum Gasteiger partial charge on any atom is 0.354 e. The van der Waals surface area contributed by atoms with Crippen molar-refractivity contribution in [3.63, 3.8) is 0 Å². The number of nitrogens with zero attached hydrogens (tertiary/aromatic N) is 2. The van der Waals surface area contributed by atoms with E-state index in [1.807, 2.05) is 13.0 Å². The Bertz CT molecular complexity index is 1300. The predicted octanol–water partition coefficient (Wildman–Crippen LogP) is 4.00. The molecule has 1 aromatic carbocycles. The number of benzene rings is 1. The number of carbonyl (C=O) groups excluding carboxylic acids is 1. The molecule has 1 atom stereocenters. The fraction of sp³-hybridized carbons (Fsp3) is 0.385. The van der Waals surface area contributed by atoms with Crippen molar-refractivity contribution in [1.29, 1.82) is 5.41 Å². The molecule has 1 aliphatic heterocycles. The van der Waals surface area contributed by atoms with Crippen molar-refractivity contribution in [1.82, 2.24) is 20.6 Å². The van der Waals surface area contributed by atoms with Crippen LogP contribution in [0.25, 0.3) is 0 Å². The zero-order chi connectivity index (χ0) is 27.9. The lowest BCUT2D eigenvalue weighted by molar-refractivity contribution is -0.385. The van der Waals surface area contributed by atoms with E-state index in [4.69, 9.17) is 15.3 Å². The van der Waals surface area contributed by atoms with Crippen molar-refractivity contribution in [2.75, 3.05) is 13.7 Å². The maximum absolute atomic E-state index is 13.0. The van der Waals surface area contributed by atoms with E-state index in [0.29, 0.717) is 61.2 Å². The highest BCUT2D eigenvalue weighted by atomic mass is 35.5. The first-order valence-electron chi connectivity index (χ1n) is 12.2. The number of imidazole rings is 1. The van der Waals surface area contributed by atoms with Crippen molar-refractivity contribution in [2.45, 2.75) is 51.4 Å². The molecule has 210 valence electrons. The fourth-order valence-electron chi connectivity index (χ4n) is 4.99. The molecule has 1 unspecified atom stereocenters. The average Bonchev–Trinajstić information content (AvgIpc) is 3.35. The van der Waals surface area contributed by atoms with E-state index in [0.717, 1.165) is 5.70 Å². The van der Waals surface area contributed by atoms with Gasteiger partial charge < -0.3 is 25.5 Å². The number of aromatic amines is 1. The standard InChI is InChI=1S/C26H32N6O6.ClH/c1-16-14-26(22(17(2)31-16)25(35)38-3,18-8-4-5-10-20(18)32(36)37)12-6-11-21(27)28-13-7-9-19-23(24(33)34)30-15-29-19;/h4-5,8,10,14-15,31H,6-7,9,11-13H2,1-3H3,(H2,27,28)(H,29,30)(H,33,34);1H. The van der Waals surface area contributed by atoms with Crippen LogP contribution < -0.4 is 10.6 Å². The number of H-pyrrole nitrogens is 1. The summed E-state index contributed by atoms with van der Waals surface area (Å²) in [6.07, 6.45) is 5.33. The van der Waals surface area contributed by atoms with Gasteiger partial charge in [-0.25, -0.2) is 14.6 Å². The number of nitro groups is 1. The number of esters is 1. The van der Waals surface area contributed by atoms with Crippen LogP contribution in [0.1, 0.15) is 61.3 Å². The number of nitrogens with one attached hydrogen (secondary N) is 4. The summed E-state index contributed by atoms with van der Waals surface area (Å²) >= 11 is 0. The molecular weight excluding hydrogens is 528 g/mol. The van der Waals surface area contributed by atoms with Crippen LogP contribution in [0, 0.1) is 15.5 Å². The molecule has 2 aromatic rings. The highest BCUT2D eigenvalue weighted by molar-refractivity contribution is 5.94. The van der Waals surface area contributed by atoms with Gasteiger partial charge in [0.15, 0.2) is 0 Å².